The van der Waals surface area contributed by atoms with Crippen molar-refractivity contribution in [2.75, 3.05) is 39.9 Å². The summed E-state index contributed by atoms with van der Waals surface area (Å²) in [5, 5.41) is 3.34. The van der Waals surface area contributed by atoms with Gasteiger partial charge in [-0.15, -0.1) is 0 Å². The Kier molecular flexibility index (Phi) is 5.89. The fourth-order valence-corrected chi connectivity index (χ4v) is 2.48. The van der Waals surface area contributed by atoms with Crippen molar-refractivity contribution in [1.82, 2.24) is 10.2 Å². The van der Waals surface area contributed by atoms with Crippen LogP contribution in [0.25, 0.3) is 0 Å². The van der Waals surface area contributed by atoms with Gasteiger partial charge in [-0.1, -0.05) is 6.92 Å². The smallest absolute Gasteiger partial charge is 0.0813 e. The SMILES string of the molecule is CCNCC1CCC(COCCN(C)C2CC2)O1. The molecule has 2 aliphatic rings. The van der Waals surface area contributed by atoms with Crippen molar-refractivity contribution in [3.8, 4) is 0 Å². The van der Waals surface area contributed by atoms with E-state index >= 15 is 0 Å². The highest BCUT2D eigenvalue weighted by Gasteiger charge is 2.26. The average molecular weight is 256 g/mol. The van der Waals surface area contributed by atoms with Gasteiger partial charge < -0.3 is 19.7 Å². The van der Waals surface area contributed by atoms with Crippen molar-refractivity contribution < 1.29 is 9.47 Å². The molecule has 0 bridgehead atoms. The molecule has 1 saturated carbocycles. The van der Waals surface area contributed by atoms with E-state index in [0.717, 1.165) is 45.3 Å². The zero-order chi connectivity index (χ0) is 12.8. The third-order valence-corrected chi connectivity index (χ3v) is 3.88. The number of rotatable bonds is 9. The number of hydrogen-bond acceptors (Lipinski definition) is 4. The fourth-order valence-electron chi connectivity index (χ4n) is 2.48. The maximum atomic E-state index is 5.93. The van der Waals surface area contributed by atoms with E-state index in [0.29, 0.717) is 12.2 Å². The van der Waals surface area contributed by atoms with Crippen molar-refractivity contribution in [2.24, 2.45) is 0 Å². The Morgan fingerprint density at radius 1 is 1.22 bits per heavy atom. The standard InChI is InChI=1S/C14H28N2O2/c1-3-15-10-13-6-7-14(18-13)11-17-9-8-16(2)12-4-5-12/h12-15H,3-11H2,1-2H3. The van der Waals surface area contributed by atoms with E-state index in [4.69, 9.17) is 9.47 Å². The van der Waals surface area contributed by atoms with Crippen LogP contribution in [-0.2, 0) is 9.47 Å². The second kappa shape index (κ2) is 7.43. The lowest BCUT2D eigenvalue weighted by molar-refractivity contribution is -0.0173. The summed E-state index contributed by atoms with van der Waals surface area (Å²) in [5.41, 5.74) is 0. The van der Waals surface area contributed by atoms with Gasteiger partial charge in [0.15, 0.2) is 0 Å². The average Bonchev–Trinajstić information content (AvgIpc) is 3.13. The molecule has 1 heterocycles. The second-order valence-corrected chi connectivity index (χ2v) is 5.55. The van der Waals surface area contributed by atoms with Crippen molar-refractivity contribution in [2.45, 2.75) is 50.9 Å². The van der Waals surface area contributed by atoms with Crippen LogP contribution in [0.15, 0.2) is 0 Å². The summed E-state index contributed by atoms with van der Waals surface area (Å²) in [6.45, 7) is 6.79. The Morgan fingerprint density at radius 2 is 2.00 bits per heavy atom. The maximum absolute atomic E-state index is 5.93. The predicted molar refractivity (Wildman–Crippen MR) is 72.9 cm³/mol. The van der Waals surface area contributed by atoms with Gasteiger partial charge in [-0.2, -0.15) is 0 Å². The molecule has 1 aliphatic heterocycles. The van der Waals surface area contributed by atoms with Crippen molar-refractivity contribution >= 4 is 0 Å². The lowest BCUT2D eigenvalue weighted by atomic mass is 10.2. The summed E-state index contributed by atoms with van der Waals surface area (Å²) in [6.07, 6.45) is 5.77. The van der Waals surface area contributed by atoms with Gasteiger partial charge in [-0.25, -0.2) is 0 Å². The van der Waals surface area contributed by atoms with Crippen LogP contribution in [0.4, 0.5) is 0 Å². The first-order chi connectivity index (χ1) is 8.79. The minimum atomic E-state index is 0.319. The van der Waals surface area contributed by atoms with Gasteiger partial charge in [0.1, 0.15) is 0 Å². The van der Waals surface area contributed by atoms with Gasteiger partial charge in [-0.05, 0) is 39.3 Å². The first-order valence-electron chi connectivity index (χ1n) is 7.43. The highest BCUT2D eigenvalue weighted by atomic mass is 16.5. The Labute approximate surface area is 111 Å². The Balaban J connectivity index is 1.47. The molecule has 0 aromatic heterocycles. The molecule has 0 aromatic carbocycles. The van der Waals surface area contributed by atoms with Gasteiger partial charge in [0.2, 0.25) is 0 Å². The van der Waals surface area contributed by atoms with Crippen LogP contribution in [-0.4, -0.2) is 63.0 Å². The number of hydrogen-bond donors (Lipinski definition) is 1. The molecule has 0 radical (unpaired) electrons. The number of nitrogens with zero attached hydrogens (tertiary/aromatic N) is 1. The van der Waals surface area contributed by atoms with E-state index in [2.05, 4.69) is 24.2 Å². The molecule has 1 N–H and O–H groups in total. The van der Waals surface area contributed by atoms with E-state index in [1.54, 1.807) is 0 Å². The van der Waals surface area contributed by atoms with E-state index in [1.165, 1.54) is 19.3 Å². The largest absolute Gasteiger partial charge is 0.377 e. The fraction of sp³-hybridized carbons (Fsp3) is 1.00. The van der Waals surface area contributed by atoms with Crippen LogP contribution in [0.1, 0.15) is 32.6 Å². The minimum Gasteiger partial charge on any atom is -0.377 e. The van der Waals surface area contributed by atoms with Gasteiger partial charge >= 0.3 is 0 Å². The first-order valence-corrected chi connectivity index (χ1v) is 7.43. The molecule has 106 valence electrons. The monoisotopic (exact) mass is 256 g/mol. The van der Waals surface area contributed by atoms with Gasteiger partial charge in [0, 0.05) is 19.1 Å². The number of nitrogens with one attached hydrogen (secondary N) is 1. The van der Waals surface area contributed by atoms with Crippen LogP contribution in [0, 0.1) is 0 Å². The second-order valence-electron chi connectivity index (χ2n) is 5.55. The molecular weight excluding hydrogens is 228 g/mol. The summed E-state index contributed by atoms with van der Waals surface area (Å²) in [7, 11) is 2.19. The molecule has 2 unspecified atom stereocenters. The van der Waals surface area contributed by atoms with E-state index in [-0.39, 0.29) is 0 Å². The molecule has 18 heavy (non-hydrogen) atoms. The van der Waals surface area contributed by atoms with Crippen molar-refractivity contribution in [1.29, 1.82) is 0 Å². The van der Waals surface area contributed by atoms with Crippen LogP contribution in [0.2, 0.25) is 0 Å². The summed E-state index contributed by atoms with van der Waals surface area (Å²) < 4.78 is 11.7. The molecule has 1 aliphatic carbocycles. The van der Waals surface area contributed by atoms with E-state index in [1.807, 2.05) is 0 Å². The minimum absolute atomic E-state index is 0.319. The zero-order valence-corrected chi connectivity index (χ0v) is 11.9. The van der Waals surface area contributed by atoms with Gasteiger partial charge in [0.25, 0.3) is 0 Å². The van der Waals surface area contributed by atoms with Crippen LogP contribution in [0.5, 0.6) is 0 Å². The topological polar surface area (TPSA) is 33.7 Å². The molecule has 2 atom stereocenters. The summed E-state index contributed by atoms with van der Waals surface area (Å²) in [5.74, 6) is 0. The number of ether oxygens (including phenoxy) is 2. The molecule has 4 heteroatoms. The molecule has 2 fully saturated rings. The van der Waals surface area contributed by atoms with E-state index < -0.39 is 0 Å². The van der Waals surface area contributed by atoms with Crippen molar-refractivity contribution in [3.63, 3.8) is 0 Å². The lowest BCUT2D eigenvalue weighted by Gasteiger charge is -2.17. The maximum Gasteiger partial charge on any atom is 0.0813 e. The predicted octanol–water partition coefficient (Wildman–Crippen LogP) is 1.25. The molecule has 0 spiro atoms. The van der Waals surface area contributed by atoms with Gasteiger partial charge in [0.05, 0.1) is 25.4 Å². The van der Waals surface area contributed by atoms with Crippen LogP contribution in [0.3, 0.4) is 0 Å². The van der Waals surface area contributed by atoms with Gasteiger partial charge in [-0.3, -0.25) is 0 Å². The highest BCUT2D eigenvalue weighted by molar-refractivity contribution is 4.82. The summed E-state index contributed by atoms with van der Waals surface area (Å²) in [4.78, 5) is 2.41. The first kappa shape index (κ1) is 14.3. The number of likely N-dealkylation sites (N-methyl/N-ethyl adjacent to an activating group) is 2. The Bertz CT molecular complexity index is 234. The van der Waals surface area contributed by atoms with E-state index in [9.17, 15) is 0 Å². The molecular formula is C14H28N2O2. The third kappa shape index (κ3) is 4.84. The molecule has 2 rings (SSSR count). The van der Waals surface area contributed by atoms with Crippen LogP contribution < -0.4 is 5.32 Å². The zero-order valence-electron chi connectivity index (χ0n) is 11.9. The quantitative estimate of drug-likeness (QED) is 0.630. The normalized spacial score (nSPS) is 28.2. The lowest BCUT2D eigenvalue weighted by Crippen LogP contribution is -2.29. The molecule has 1 saturated heterocycles. The highest BCUT2D eigenvalue weighted by Crippen LogP contribution is 2.24. The summed E-state index contributed by atoms with van der Waals surface area (Å²) in [6, 6.07) is 0.834. The molecule has 0 aromatic rings. The summed E-state index contributed by atoms with van der Waals surface area (Å²) >= 11 is 0. The third-order valence-electron chi connectivity index (χ3n) is 3.88. The molecule has 4 nitrogen and oxygen atoms in total. The van der Waals surface area contributed by atoms with Crippen molar-refractivity contribution in [3.05, 3.63) is 0 Å². The van der Waals surface area contributed by atoms with Crippen LogP contribution >= 0.6 is 0 Å². The Hall–Kier alpha value is -0.160. The molecule has 0 amide bonds. The Morgan fingerprint density at radius 3 is 2.72 bits per heavy atom.